The van der Waals surface area contributed by atoms with E-state index in [2.05, 4.69) is 4.74 Å². The Morgan fingerprint density at radius 3 is 1.67 bits per heavy atom. The first-order valence-electron chi connectivity index (χ1n) is 18.3. The number of methoxy groups -OCH3 is 2. The molecule has 0 radical (unpaired) electrons. The van der Waals surface area contributed by atoms with Gasteiger partial charge in [-0.3, -0.25) is 9.59 Å². The number of carbonyl (C=O) groups excluding carboxylic acids is 2. The fourth-order valence-electron chi connectivity index (χ4n) is 6.50. The van der Waals surface area contributed by atoms with Crippen molar-refractivity contribution in [2.24, 2.45) is 0 Å². The number of fused-ring (bicyclic) bond motifs is 2. The molecule has 0 saturated carbocycles. The molecule has 322 valence electrons. The van der Waals surface area contributed by atoms with Gasteiger partial charge in [0.2, 0.25) is 0 Å². The van der Waals surface area contributed by atoms with Crippen LogP contribution in [0.15, 0.2) is 127 Å². The summed E-state index contributed by atoms with van der Waals surface area (Å²) in [5.74, 6) is -2.64. The van der Waals surface area contributed by atoms with Gasteiger partial charge in [-0.2, -0.15) is 34.4 Å². The van der Waals surface area contributed by atoms with Crippen LogP contribution in [0.5, 0.6) is 23.0 Å². The zero-order chi connectivity index (χ0) is 44.1. The van der Waals surface area contributed by atoms with E-state index in [-0.39, 0.29) is 30.1 Å². The molecule has 4 N–H and O–H groups in total. The van der Waals surface area contributed by atoms with Gasteiger partial charge in [0.05, 0.1) is 14.2 Å². The molecule has 7 rings (SSSR count). The fraction of sp³-hybridized carbons (Fsp3) is 0.156. The van der Waals surface area contributed by atoms with Crippen LogP contribution in [0, 0.1) is 0 Å². The maximum Gasteiger partial charge on any atom is 1.00 e. The van der Waals surface area contributed by atoms with Crippen molar-refractivity contribution in [1.82, 2.24) is 0 Å². The van der Waals surface area contributed by atoms with Gasteiger partial charge < -0.3 is 44.5 Å². The summed E-state index contributed by atoms with van der Waals surface area (Å²) in [6.07, 6.45) is 4.11. The van der Waals surface area contributed by atoms with Gasteiger partial charge in [0.1, 0.15) is 53.6 Å². The normalized spacial score (nSPS) is 16.4. The molecule has 0 unspecified atom stereocenters. The van der Waals surface area contributed by atoms with Crippen molar-refractivity contribution in [3.63, 3.8) is 0 Å². The zero-order valence-corrected chi connectivity index (χ0v) is 36.2. The minimum atomic E-state index is -1.08. The minimum absolute atomic E-state index is 0. The Labute approximate surface area is 390 Å². The van der Waals surface area contributed by atoms with Gasteiger partial charge in [0, 0.05) is 23.3 Å². The molecule has 0 saturated heterocycles. The fourth-order valence-corrected chi connectivity index (χ4v) is 6.50. The summed E-state index contributed by atoms with van der Waals surface area (Å²) in [7, 11) is 2.68. The van der Waals surface area contributed by atoms with Crippen LogP contribution in [0.25, 0.3) is 12.2 Å². The van der Waals surface area contributed by atoms with Crippen LogP contribution in [0.2, 0.25) is 0 Å². The number of ether oxygens (including phenoxy) is 5. The second kappa shape index (κ2) is 24.7. The monoisotopic (exact) mass is 910 g/mol. The van der Waals surface area contributed by atoms with Crippen LogP contribution in [-0.4, -0.2) is 63.9 Å². The number of esters is 2. The zero-order valence-electron chi connectivity index (χ0n) is 34.0. The van der Waals surface area contributed by atoms with Gasteiger partial charge in [-0.1, -0.05) is 66.7 Å². The molecule has 0 fully saturated rings. The molecule has 2 aliphatic rings. The molecule has 5 aromatic rings. The number of carbonyl (C=O) groups is 4. The van der Waals surface area contributed by atoms with Crippen molar-refractivity contribution in [3.05, 3.63) is 166 Å². The number of carboxylic acids is 2. The maximum absolute atomic E-state index is 12.7. The minimum Gasteiger partial charge on any atom is -0.870 e. The van der Waals surface area contributed by atoms with Crippen molar-refractivity contribution in [3.8, 4) is 23.0 Å². The number of aromatic hydroxyl groups is 1. The Bertz CT molecular complexity index is 2380. The Balaban J connectivity index is 0.000000312. The second-order valence-electron chi connectivity index (χ2n) is 13.2. The van der Waals surface area contributed by atoms with Gasteiger partial charge in [-0.15, -0.1) is 0 Å². The maximum atomic E-state index is 12.7. The van der Waals surface area contributed by atoms with Gasteiger partial charge in [-0.05, 0) is 88.5 Å². The van der Waals surface area contributed by atoms with Crippen LogP contribution in [0.3, 0.4) is 0 Å². The largest absolute Gasteiger partial charge is 1.00 e. The topological polar surface area (TPSA) is 205 Å². The predicted molar refractivity (Wildman–Crippen MR) is 233 cm³/mol. The number of phenolic OH excluding ortho intramolecular Hbond substituents is 1. The van der Waals surface area contributed by atoms with Crippen LogP contribution in [0.1, 0.15) is 63.0 Å². The van der Waals surface area contributed by atoms with Crippen LogP contribution >= 0.6 is 34.4 Å². The van der Waals surface area contributed by atoms with Crippen LogP contribution in [-0.2, 0) is 35.3 Å². The van der Waals surface area contributed by atoms with E-state index < -0.39 is 52.9 Å². The smallest absolute Gasteiger partial charge is 0.870 e. The molecule has 0 bridgehead atoms. The SMILES string of the molecule is COC(=O)/C=C/c1ccc2c(c1)[C@@H](C(=O)OC)[C@@H](c1ccc(OCc3ccccc3)cc1)O2.ClB(Cl)Cl.O=C(O)/C=C/c1ccc2c(c1)[C@@H](C(=O)O)[C@H](c1ccc(O)cc1)O2.[Li+].[OH-]. The van der Waals surface area contributed by atoms with Gasteiger partial charge in [0.15, 0.2) is 0 Å². The van der Waals surface area contributed by atoms with E-state index in [4.69, 9.17) is 58.4 Å². The van der Waals surface area contributed by atoms with E-state index in [1.165, 1.54) is 38.5 Å². The molecular formula is C45H39BCl3LiO13. The average molecular weight is 912 g/mol. The molecule has 18 heteroatoms. The van der Waals surface area contributed by atoms with Crippen molar-refractivity contribution >= 4 is 75.4 Å². The molecule has 2 heterocycles. The number of hydrogen-bond donors (Lipinski definition) is 3. The van der Waals surface area contributed by atoms with Crippen LogP contribution < -0.4 is 33.1 Å². The van der Waals surface area contributed by atoms with Crippen molar-refractivity contribution in [2.75, 3.05) is 14.2 Å². The summed E-state index contributed by atoms with van der Waals surface area (Å²) in [6, 6.07) is 34.0. The molecule has 13 nitrogen and oxygen atoms in total. The molecule has 0 aliphatic carbocycles. The Kier molecular flexibility index (Phi) is 20.2. The molecule has 0 aromatic heterocycles. The number of hydrogen-bond acceptors (Lipinski definition) is 11. The summed E-state index contributed by atoms with van der Waals surface area (Å²) in [4.78, 5) is 45.7. The number of phenols is 1. The standard InChI is InChI=1S/C27H24O6.C18H14O6.BCl3.Li.H2O/c1-30-24(28)15-9-18-8-14-23-22(16-18)25(27(29)31-2)26(33-23)20-10-12-21(13-11-20)32-17-19-6-4-3-5-7-19;19-12-5-3-11(4-6-12)17-16(18(22)23)13-9-10(2-8-15(20)21)1-7-14(13)24-17;2-1(3)4;;/h3-16,25-26H,17H2,1-2H3;1-9,16-17,19H,(H,20,21)(H,22,23);;;1H2/q;;;+1;/p-1/b15-9+;8-2+;;;/t25-,26-;16-,17+;;;/m11.../s1. The summed E-state index contributed by atoms with van der Waals surface area (Å²) in [5, 5.41) is 27.7. The summed E-state index contributed by atoms with van der Waals surface area (Å²) in [5.41, 5.74) is 5.09. The first-order valence-corrected chi connectivity index (χ1v) is 19.7. The number of carboxylic acid groups (broad SMARTS) is 2. The first-order chi connectivity index (χ1) is 29.3. The van der Waals surface area contributed by atoms with E-state index in [0.29, 0.717) is 40.4 Å². The molecular weight excluding hydrogens is 873 g/mol. The molecule has 5 aromatic carbocycles. The van der Waals surface area contributed by atoms with Crippen molar-refractivity contribution in [1.29, 1.82) is 0 Å². The Morgan fingerprint density at radius 2 is 1.17 bits per heavy atom. The van der Waals surface area contributed by atoms with Crippen molar-refractivity contribution in [2.45, 2.75) is 30.7 Å². The Hall–Kier alpha value is -5.85. The number of benzene rings is 5. The third-order valence-corrected chi connectivity index (χ3v) is 9.28. The van der Waals surface area contributed by atoms with E-state index in [1.54, 1.807) is 42.5 Å². The molecule has 2 aliphatic heterocycles. The number of rotatable bonds is 11. The molecule has 0 spiro atoms. The van der Waals surface area contributed by atoms with Crippen LogP contribution in [0.4, 0.5) is 0 Å². The van der Waals surface area contributed by atoms with Gasteiger partial charge in [0.25, 0.3) is 0 Å². The predicted octanol–water partition coefficient (Wildman–Crippen LogP) is 6.15. The number of halogens is 3. The molecule has 63 heavy (non-hydrogen) atoms. The molecule has 0 amide bonds. The number of aliphatic carboxylic acids is 2. The summed E-state index contributed by atoms with van der Waals surface area (Å²) < 4.78 is 27.5. The van der Waals surface area contributed by atoms with E-state index in [1.807, 2.05) is 66.7 Å². The van der Waals surface area contributed by atoms with E-state index in [9.17, 15) is 29.4 Å². The third kappa shape index (κ3) is 14.3. The van der Waals surface area contributed by atoms with Gasteiger partial charge in [-0.25, -0.2) is 9.59 Å². The Morgan fingerprint density at radius 1 is 0.683 bits per heavy atom. The van der Waals surface area contributed by atoms with E-state index in [0.717, 1.165) is 28.5 Å². The quantitative estimate of drug-likeness (QED) is 0.0774. The third-order valence-electron chi connectivity index (χ3n) is 9.28. The summed E-state index contributed by atoms with van der Waals surface area (Å²) >= 11 is 14.4. The average Bonchev–Trinajstić information content (AvgIpc) is 3.83. The second-order valence-corrected chi connectivity index (χ2v) is 15.2. The molecule has 4 atom stereocenters. The van der Waals surface area contributed by atoms with Crippen molar-refractivity contribution < 1.29 is 82.5 Å². The van der Waals surface area contributed by atoms with Gasteiger partial charge >= 0.3 is 47.7 Å². The van der Waals surface area contributed by atoms with E-state index >= 15 is 0 Å². The first kappa shape index (κ1) is 51.5. The summed E-state index contributed by atoms with van der Waals surface area (Å²) in [6.45, 7) is 0.470.